The average molecular weight is 292 g/mol. The van der Waals surface area contributed by atoms with Gasteiger partial charge in [0.2, 0.25) is 0 Å². The van der Waals surface area contributed by atoms with Crippen LogP contribution in [0.25, 0.3) is 10.9 Å². The summed E-state index contributed by atoms with van der Waals surface area (Å²) in [5, 5.41) is 8.54. The normalized spacial score (nSPS) is 10.5. The second-order valence-corrected chi connectivity index (χ2v) is 5.01. The highest BCUT2D eigenvalue weighted by Crippen LogP contribution is 2.20. The zero-order valence-corrected chi connectivity index (χ0v) is 11.9. The molecular formula is C17H16N4O. The molecule has 2 aromatic carbocycles. The second-order valence-electron chi connectivity index (χ2n) is 5.01. The van der Waals surface area contributed by atoms with Crippen LogP contribution in [0.15, 0.2) is 60.8 Å². The van der Waals surface area contributed by atoms with Gasteiger partial charge in [-0.1, -0.05) is 48.5 Å². The lowest BCUT2D eigenvalue weighted by molar-refractivity contribution is 0.0839. The summed E-state index contributed by atoms with van der Waals surface area (Å²) < 4.78 is 0. The third kappa shape index (κ3) is 2.56. The number of nitrogens with one attached hydrogen (secondary N) is 2. The number of benzene rings is 2. The molecular weight excluding hydrogens is 276 g/mol. The van der Waals surface area contributed by atoms with Gasteiger partial charge in [0.05, 0.1) is 12.1 Å². The van der Waals surface area contributed by atoms with Gasteiger partial charge in [-0.15, -0.1) is 0 Å². The lowest BCUT2D eigenvalue weighted by Crippen LogP contribution is -2.40. The van der Waals surface area contributed by atoms with Crippen molar-refractivity contribution in [2.45, 2.75) is 6.54 Å². The Morgan fingerprint density at radius 1 is 1.09 bits per heavy atom. The topological polar surface area (TPSA) is 86.0 Å². The van der Waals surface area contributed by atoms with Crippen molar-refractivity contribution in [3.8, 4) is 0 Å². The van der Waals surface area contributed by atoms with Crippen molar-refractivity contribution in [3.05, 3.63) is 71.9 Å². The highest BCUT2D eigenvalue weighted by atomic mass is 16.2. The van der Waals surface area contributed by atoms with Gasteiger partial charge in [-0.05, 0) is 11.6 Å². The third-order valence-corrected chi connectivity index (χ3v) is 3.54. The van der Waals surface area contributed by atoms with Crippen LogP contribution in [0.1, 0.15) is 15.9 Å². The summed E-state index contributed by atoms with van der Waals surface area (Å²) in [5.41, 5.74) is 7.93. The Hall–Kier alpha value is -3.08. The number of para-hydroxylation sites is 1. The molecule has 0 radical (unpaired) electrons. The molecule has 5 heteroatoms. The van der Waals surface area contributed by atoms with Gasteiger partial charge in [-0.3, -0.25) is 15.1 Å². The van der Waals surface area contributed by atoms with Crippen molar-refractivity contribution in [1.29, 1.82) is 5.41 Å². The highest BCUT2D eigenvalue weighted by molar-refractivity contribution is 6.11. The van der Waals surface area contributed by atoms with Crippen LogP contribution in [-0.4, -0.2) is 21.8 Å². The number of nitrogens with two attached hydrogens (primary N) is 1. The van der Waals surface area contributed by atoms with E-state index in [1.165, 1.54) is 4.90 Å². The molecule has 0 saturated carbocycles. The Kier molecular flexibility index (Phi) is 3.62. The fourth-order valence-corrected chi connectivity index (χ4v) is 2.43. The molecule has 0 saturated heterocycles. The van der Waals surface area contributed by atoms with Gasteiger partial charge in [0.15, 0.2) is 5.96 Å². The summed E-state index contributed by atoms with van der Waals surface area (Å²) >= 11 is 0. The molecule has 1 aromatic heterocycles. The Labute approximate surface area is 127 Å². The molecule has 5 nitrogen and oxygen atoms in total. The van der Waals surface area contributed by atoms with Crippen LogP contribution >= 0.6 is 0 Å². The number of carbonyl (C=O) groups is 1. The molecule has 0 atom stereocenters. The number of hydrogen-bond donors (Lipinski definition) is 3. The zero-order valence-electron chi connectivity index (χ0n) is 11.9. The van der Waals surface area contributed by atoms with E-state index in [0.29, 0.717) is 5.56 Å². The van der Waals surface area contributed by atoms with Crippen molar-refractivity contribution < 1.29 is 4.79 Å². The van der Waals surface area contributed by atoms with Crippen LogP contribution in [0.3, 0.4) is 0 Å². The molecule has 0 aliphatic carbocycles. The van der Waals surface area contributed by atoms with Crippen molar-refractivity contribution in [2.75, 3.05) is 0 Å². The summed E-state index contributed by atoms with van der Waals surface area (Å²) in [5.74, 6) is -0.548. The number of guanidine groups is 1. The maximum atomic E-state index is 12.8. The molecule has 3 aromatic rings. The summed E-state index contributed by atoms with van der Waals surface area (Å²) in [4.78, 5) is 17.1. The smallest absolute Gasteiger partial charge is 0.263 e. The van der Waals surface area contributed by atoms with Gasteiger partial charge in [0.1, 0.15) is 0 Å². The van der Waals surface area contributed by atoms with Gasteiger partial charge >= 0.3 is 0 Å². The Bertz CT molecular complexity index is 823. The van der Waals surface area contributed by atoms with E-state index in [-0.39, 0.29) is 18.4 Å². The Morgan fingerprint density at radius 2 is 1.77 bits per heavy atom. The summed E-state index contributed by atoms with van der Waals surface area (Å²) in [6.07, 6.45) is 1.66. The van der Waals surface area contributed by atoms with Crippen LogP contribution in [0.2, 0.25) is 0 Å². The van der Waals surface area contributed by atoms with Gasteiger partial charge < -0.3 is 10.7 Å². The molecule has 0 fully saturated rings. The van der Waals surface area contributed by atoms with E-state index in [1.807, 2.05) is 54.6 Å². The average Bonchev–Trinajstić information content (AvgIpc) is 2.97. The number of rotatable bonds is 3. The predicted molar refractivity (Wildman–Crippen MR) is 86.5 cm³/mol. The van der Waals surface area contributed by atoms with Crippen molar-refractivity contribution in [3.63, 3.8) is 0 Å². The number of aromatic amines is 1. The summed E-state index contributed by atoms with van der Waals surface area (Å²) in [6, 6.07) is 17.1. The Morgan fingerprint density at radius 3 is 2.50 bits per heavy atom. The molecule has 0 unspecified atom stereocenters. The van der Waals surface area contributed by atoms with Crippen LogP contribution < -0.4 is 5.73 Å². The lowest BCUT2D eigenvalue weighted by atomic mass is 10.1. The highest BCUT2D eigenvalue weighted by Gasteiger charge is 2.21. The minimum Gasteiger partial charge on any atom is -0.370 e. The van der Waals surface area contributed by atoms with Gasteiger partial charge in [-0.25, -0.2) is 0 Å². The van der Waals surface area contributed by atoms with Crippen molar-refractivity contribution in [2.24, 2.45) is 5.73 Å². The lowest BCUT2D eigenvalue weighted by Gasteiger charge is -2.20. The van der Waals surface area contributed by atoms with Gasteiger partial charge in [0, 0.05) is 17.1 Å². The van der Waals surface area contributed by atoms with E-state index in [9.17, 15) is 4.79 Å². The van der Waals surface area contributed by atoms with E-state index in [2.05, 4.69) is 4.98 Å². The maximum absolute atomic E-state index is 12.8. The fraction of sp³-hybridized carbons (Fsp3) is 0.0588. The molecule has 110 valence electrons. The minimum atomic E-state index is -0.284. The SMILES string of the molecule is N=C(N)N(Cc1ccccc1)C(=O)c1c[nH]c2ccccc12. The van der Waals surface area contributed by atoms with Crippen molar-refractivity contribution >= 4 is 22.8 Å². The number of carbonyl (C=O) groups excluding carboxylic acids is 1. The van der Waals surface area contributed by atoms with Gasteiger partial charge in [-0.2, -0.15) is 0 Å². The van der Waals surface area contributed by atoms with E-state index >= 15 is 0 Å². The minimum absolute atomic E-state index is 0.265. The first-order valence-electron chi connectivity index (χ1n) is 6.93. The van der Waals surface area contributed by atoms with E-state index in [0.717, 1.165) is 16.5 Å². The van der Waals surface area contributed by atoms with Crippen LogP contribution in [0.5, 0.6) is 0 Å². The monoisotopic (exact) mass is 292 g/mol. The van der Waals surface area contributed by atoms with E-state index in [1.54, 1.807) is 6.20 Å². The zero-order chi connectivity index (χ0) is 15.5. The first-order valence-corrected chi connectivity index (χ1v) is 6.93. The number of hydrogen-bond acceptors (Lipinski definition) is 2. The number of fused-ring (bicyclic) bond motifs is 1. The van der Waals surface area contributed by atoms with E-state index < -0.39 is 0 Å². The van der Waals surface area contributed by atoms with Crippen LogP contribution in [0, 0.1) is 5.41 Å². The number of amides is 1. The molecule has 4 N–H and O–H groups in total. The van der Waals surface area contributed by atoms with Crippen LogP contribution in [-0.2, 0) is 6.54 Å². The molecule has 0 aliphatic heterocycles. The molecule has 22 heavy (non-hydrogen) atoms. The quantitative estimate of drug-likeness (QED) is 0.512. The number of nitrogens with zero attached hydrogens (tertiary/aromatic N) is 1. The number of aromatic nitrogens is 1. The molecule has 0 aliphatic rings. The first-order chi connectivity index (χ1) is 10.7. The third-order valence-electron chi connectivity index (χ3n) is 3.54. The maximum Gasteiger partial charge on any atom is 0.263 e. The summed E-state index contributed by atoms with van der Waals surface area (Å²) in [6.45, 7) is 0.272. The molecule has 3 rings (SSSR count). The van der Waals surface area contributed by atoms with Crippen LogP contribution in [0.4, 0.5) is 0 Å². The second kappa shape index (κ2) is 5.73. The summed E-state index contributed by atoms with van der Waals surface area (Å²) in [7, 11) is 0. The Balaban J connectivity index is 1.95. The van der Waals surface area contributed by atoms with Crippen molar-refractivity contribution in [1.82, 2.24) is 9.88 Å². The largest absolute Gasteiger partial charge is 0.370 e. The predicted octanol–water partition coefficient (Wildman–Crippen LogP) is 2.70. The molecule has 1 amide bonds. The first kappa shape index (κ1) is 13.9. The van der Waals surface area contributed by atoms with E-state index in [4.69, 9.17) is 11.1 Å². The fourth-order valence-electron chi connectivity index (χ4n) is 2.43. The molecule has 0 spiro atoms. The number of H-pyrrole nitrogens is 1. The standard InChI is InChI=1S/C17H16N4O/c18-17(19)21(11-12-6-2-1-3-7-12)16(22)14-10-20-15-9-5-4-8-13(14)15/h1-10,20H,11H2,(H3,18,19). The van der Waals surface area contributed by atoms with Gasteiger partial charge in [0.25, 0.3) is 5.91 Å². The molecule has 0 bridgehead atoms. The molecule has 1 heterocycles.